The molecule has 0 unspecified atom stereocenters. The van der Waals surface area contributed by atoms with Crippen molar-refractivity contribution < 1.29 is 9.59 Å². The van der Waals surface area contributed by atoms with Gasteiger partial charge in [0.05, 0.1) is 0 Å². The fraction of sp³-hybridized carbons (Fsp3) is 0.600. The first-order chi connectivity index (χ1) is 11.8. The lowest BCUT2D eigenvalue weighted by Gasteiger charge is -2.48. The smallest absolute Gasteiger partial charge is 0.254 e. The summed E-state index contributed by atoms with van der Waals surface area (Å²) in [7, 11) is 0. The van der Waals surface area contributed by atoms with Gasteiger partial charge >= 0.3 is 0 Å². The second-order valence-electron chi connectivity index (χ2n) is 7.87. The summed E-state index contributed by atoms with van der Waals surface area (Å²) in [4.78, 5) is 29.0. The summed E-state index contributed by atoms with van der Waals surface area (Å²) in [5.74, 6) is 0.368. The zero-order valence-electron chi connectivity index (χ0n) is 15.3. The van der Waals surface area contributed by atoms with E-state index in [0.717, 1.165) is 50.0 Å². The second-order valence-corrected chi connectivity index (χ2v) is 8.30. The minimum atomic E-state index is 0.0941. The van der Waals surface area contributed by atoms with Gasteiger partial charge in [-0.25, -0.2) is 0 Å². The fourth-order valence-corrected chi connectivity index (χ4v) is 4.37. The van der Waals surface area contributed by atoms with Crippen molar-refractivity contribution in [1.29, 1.82) is 0 Å². The van der Waals surface area contributed by atoms with E-state index in [1.807, 2.05) is 28.9 Å². The van der Waals surface area contributed by atoms with Crippen LogP contribution in [0.1, 0.15) is 55.5 Å². The van der Waals surface area contributed by atoms with Gasteiger partial charge in [-0.3, -0.25) is 9.59 Å². The minimum Gasteiger partial charge on any atom is -0.340 e. The van der Waals surface area contributed by atoms with Crippen molar-refractivity contribution in [2.24, 2.45) is 5.41 Å². The number of hydrogen-bond donors (Lipinski definition) is 0. The van der Waals surface area contributed by atoms with E-state index < -0.39 is 0 Å². The highest BCUT2D eigenvalue weighted by atomic mass is 35.5. The van der Waals surface area contributed by atoms with Gasteiger partial charge < -0.3 is 9.80 Å². The zero-order chi connectivity index (χ0) is 18.2. The number of amides is 2. The number of carbonyl (C=O) groups is 2. The molecule has 0 atom stereocenters. The maximum atomic E-state index is 12.8. The third-order valence-electron chi connectivity index (χ3n) is 5.85. The molecule has 2 aliphatic rings. The number of rotatable bonds is 2. The first-order valence-electron chi connectivity index (χ1n) is 9.16. The maximum Gasteiger partial charge on any atom is 0.254 e. The van der Waals surface area contributed by atoms with Crippen LogP contribution in [-0.2, 0) is 4.79 Å². The third kappa shape index (κ3) is 3.69. The monoisotopic (exact) mass is 362 g/mol. The van der Waals surface area contributed by atoms with E-state index in [9.17, 15) is 9.59 Å². The van der Waals surface area contributed by atoms with Crippen molar-refractivity contribution in [1.82, 2.24) is 9.80 Å². The van der Waals surface area contributed by atoms with Crippen LogP contribution in [0.5, 0.6) is 0 Å². The molecule has 0 N–H and O–H groups in total. The minimum absolute atomic E-state index is 0.0941. The molecule has 25 heavy (non-hydrogen) atoms. The van der Waals surface area contributed by atoms with Gasteiger partial charge in [0.25, 0.3) is 5.91 Å². The average Bonchev–Trinajstić information content (AvgIpc) is 2.57. The Balaban J connectivity index is 1.67. The van der Waals surface area contributed by atoms with Crippen LogP contribution >= 0.6 is 11.6 Å². The van der Waals surface area contributed by atoms with E-state index in [2.05, 4.69) is 13.8 Å². The molecule has 0 aromatic heterocycles. The molecule has 2 heterocycles. The van der Waals surface area contributed by atoms with Gasteiger partial charge in [0, 0.05) is 42.7 Å². The predicted octanol–water partition coefficient (Wildman–Crippen LogP) is 3.90. The summed E-state index contributed by atoms with van der Waals surface area (Å²) in [6, 6.07) is 5.69. The number of likely N-dealkylation sites (tertiary alicyclic amines) is 2. The van der Waals surface area contributed by atoms with Crippen molar-refractivity contribution in [3.63, 3.8) is 0 Å². The summed E-state index contributed by atoms with van der Waals surface area (Å²) in [6.07, 6.45) is 3.54. The molecule has 2 amide bonds. The predicted molar refractivity (Wildman–Crippen MR) is 99.8 cm³/mol. The van der Waals surface area contributed by atoms with E-state index in [0.29, 0.717) is 11.4 Å². The fourth-order valence-electron chi connectivity index (χ4n) is 4.14. The molecule has 2 fully saturated rings. The molecule has 1 aromatic carbocycles. The quantitative estimate of drug-likeness (QED) is 0.800. The summed E-state index contributed by atoms with van der Waals surface area (Å²) >= 11 is 6.00. The standard InChI is InChI=1S/C20H27ClN2O2/c1-14(2)23-13-20(7-6-18(23)24)8-10-22(11-9-20)19(25)17-5-4-16(21)12-15(17)3/h4-5,12,14H,6-11,13H2,1-3H3. The molecule has 2 saturated heterocycles. The number of benzene rings is 1. The average molecular weight is 363 g/mol. The summed E-state index contributed by atoms with van der Waals surface area (Å²) in [6.45, 7) is 8.46. The highest BCUT2D eigenvalue weighted by Gasteiger charge is 2.42. The van der Waals surface area contributed by atoms with Crippen molar-refractivity contribution in [2.75, 3.05) is 19.6 Å². The Kier molecular flexibility index (Phi) is 5.10. The summed E-state index contributed by atoms with van der Waals surface area (Å²) in [5.41, 5.74) is 1.85. The van der Waals surface area contributed by atoms with Gasteiger partial charge in [0.2, 0.25) is 5.91 Å². The largest absolute Gasteiger partial charge is 0.340 e. The van der Waals surface area contributed by atoms with Crippen LogP contribution in [0.25, 0.3) is 0 Å². The summed E-state index contributed by atoms with van der Waals surface area (Å²) in [5, 5.41) is 0.660. The van der Waals surface area contributed by atoms with Crippen molar-refractivity contribution in [2.45, 2.75) is 52.5 Å². The molecular weight excluding hydrogens is 336 g/mol. The number of aryl methyl sites for hydroxylation is 1. The first kappa shape index (κ1) is 18.2. The lowest BCUT2D eigenvalue weighted by Crippen LogP contribution is -2.54. The molecule has 1 spiro atoms. The molecule has 0 aliphatic carbocycles. The first-order valence-corrected chi connectivity index (χ1v) is 9.54. The van der Waals surface area contributed by atoms with Crippen LogP contribution in [0.15, 0.2) is 18.2 Å². The molecule has 0 bridgehead atoms. The third-order valence-corrected chi connectivity index (χ3v) is 6.08. The van der Waals surface area contributed by atoms with Crippen molar-refractivity contribution >= 4 is 23.4 Å². The van der Waals surface area contributed by atoms with Crippen molar-refractivity contribution in [3.05, 3.63) is 34.3 Å². The van der Waals surface area contributed by atoms with Crippen molar-refractivity contribution in [3.8, 4) is 0 Å². The van der Waals surface area contributed by atoms with Crippen LogP contribution in [-0.4, -0.2) is 47.3 Å². The van der Waals surface area contributed by atoms with Crippen LogP contribution in [0.2, 0.25) is 5.02 Å². The van der Waals surface area contributed by atoms with Gasteiger partial charge in [0.1, 0.15) is 0 Å². The van der Waals surface area contributed by atoms with E-state index >= 15 is 0 Å². The Morgan fingerprint density at radius 2 is 1.88 bits per heavy atom. The normalized spacial score (nSPS) is 20.4. The SMILES string of the molecule is Cc1cc(Cl)ccc1C(=O)N1CCC2(CCC(=O)N(C(C)C)C2)CC1. The topological polar surface area (TPSA) is 40.6 Å². The molecule has 0 radical (unpaired) electrons. The molecule has 2 aliphatic heterocycles. The van der Waals surface area contributed by atoms with Crippen LogP contribution < -0.4 is 0 Å². The summed E-state index contributed by atoms with van der Waals surface area (Å²) < 4.78 is 0. The molecule has 5 heteroatoms. The molecule has 1 aromatic rings. The Morgan fingerprint density at radius 3 is 2.48 bits per heavy atom. The van der Waals surface area contributed by atoms with Gasteiger partial charge in [-0.05, 0) is 69.2 Å². The van der Waals surface area contributed by atoms with Crippen LogP contribution in [0.3, 0.4) is 0 Å². The maximum absolute atomic E-state index is 12.8. The number of halogens is 1. The Labute approximate surface area is 155 Å². The number of nitrogens with zero attached hydrogens (tertiary/aromatic N) is 2. The van der Waals surface area contributed by atoms with Gasteiger partial charge in [-0.2, -0.15) is 0 Å². The number of piperidine rings is 2. The second kappa shape index (κ2) is 6.99. The highest BCUT2D eigenvalue weighted by Crippen LogP contribution is 2.41. The molecule has 0 saturated carbocycles. The Bertz CT molecular complexity index is 678. The highest BCUT2D eigenvalue weighted by molar-refractivity contribution is 6.30. The Hall–Kier alpha value is -1.55. The van der Waals surface area contributed by atoms with Crippen LogP contribution in [0, 0.1) is 12.3 Å². The zero-order valence-corrected chi connectivity index (χ0v) is 16.1. The van der Waals surface area contributed by atoms with Gasteiger partial charge in [0.15, 0.2) is 0 Å². The van der Waals surface area contributed by atoms with E-state index in [-0.39, 0.29) is 23.3 Å². The lowest BCUT2D eigenvalue weighted by atomic mass is 9.72. The molecule has 3 rings (SSSR count). The van der Waals surface area contributed by atoms with E-state index in [1.165, 1.54) is 0 Å². The number of carbonyl (C=O) groups excluding carboxylic acids is 2. The molecule has 4 nitrogen and oxygen atoms in total. The molecular formula is C20H27ClN2O2. The van der Waals surface area contributed by atoms with Gasteiger partial charge in [-0.1, -0.05) is 11.6 Å². The number of hydrogen-bond acceptors (Lipinski definition) is 2. The van der Waals surface area contributed by atoms with Crippen LogP contribution in [0.4, 0.5) is 0 Å². The Morgan fingerprint density at radius 1 is 1.20 bits per heavy atom. The van der Waals surface area contributed by atoms with Gasteiger partial charge in [-0.15, -0.1) is 0 Å². The van der Waals surface area contributed by atoms with E-state index in [1.54, 1.807) is 6.07 Å². The lowest BCUT2D eigenvalue weighted by molar-refractivity contribution is -0.141. The molecule has 136 valence electrons. The van der Waals surface area contributed by atoms with E-state index in [4.69, 9.17) is 11.6 Å².